The molecule has 0 spiro atoms. The number of aldehydes is 1. The number of nitrogens with one attached hydrogen (secondary N) is 1. The van der Waals surface area contributed by atoms with Gasteiger partial charge in [0.25, 0.3) is 0 Å². The van der Waals surface area contributed by atoms with Crippen molar-refractivity contribution in [2.24, 2.45) is 5.92 Å². The number of amides is 1. The van der Waals surface area contributed by atoms with Gasteiger partial charge < -0.3 is 14.8 Å². The third-order valence-electron chi connectivity index (χ3n) is 2.15. The lowest BCUT2D eigenvalue weighted by atomic mass is 10.2. The smallest absolute Gasteiger partial charge is 0.222 e. The minimum absolute atomic E-state index is 0.0456. The maximum atomic E-state index is 11.2. The standard InChI is InChI=1S/C12H23NO3/c1-11(2)12(15)13-7-6-10-16-9-5-3-4-8-14/h8,11H,3-7,9-10H2,1-2H3,(H,13,15). The van der Waals surface area contributed by atoms with Gasteiger partial charge in [-0.25, -0.2) is 0 Å². The van der Waals surface area contributed by atoms with E-state index in [0.29, 0.717) is 26.2 Å². The van der Waals surface area contributed by atoms with Gasteiger partial charge in [-0.15, -0.1) is 0 Å². The van der Waals surface area contributed by atoms with Crippen LogP contribution >= 0.6 is 0 Å². The van der Waals surface area contributed by atoms with E-state index in [9.17, 15) is 9.59 Å². The van der Waals surface area contributed by atoms with Crippen LogP contribution in [0.4, 0.5) is 0 Å². The van der Waals surface area contributed by atoms with Gasteiger partial charge in [0.1, 0.15) is 6.29 Å². The van der Waals surface area contributed by atoms with E-state index in [1.807, 2.05) is 13.8 Å². The third kappa shape index (κ3) is 9.65. The second-order valence-corrected chi connectivity index (χ2v) is 4.07. The second kappa shape index (κ2) is 10.6. The van der Waals surface area contributed by atoms with E-state index < -0.39 is 0 Å². The molecule has 0 heterocycles. The first-order valence-electron chi connectivity index (χ1n) is 5.97. The number of hydrogen-bond acceptors (Lipinski definition) is 3. The maximum absolute atomic E-state index is 11.2. The first kappa shape index (κ1) is 15.1. The van der Waals surface area contributed by atoms with E-state index in [1.165, 1.54) is 0 Å². The number of carbonyl (C=O) groups excluding carboxylic acids is 2. The summed E-state index contributed by atoms with van der Waals surface area (Å²) in [6.45, 7) is 5.79. The van der Waals surface area contributed by atoms with Gasteiger partial charge in [-0.2, -0.15) is 0 Å². The van der Waals surface area contributed by atoms with E-state index >= 15 is 0 Å². The predicted octanol–water partition coefficient (Wildman–Crippen LogP) is 1.53. The first-order chi connectivity index (χ1) is 7.68. The highest BCUT2D eigenvalue weighted by Crippen LogP contribution is 1.94. The fraction of sp³-hybridized carbons (Fsp3) is 0.833. The monoisotopic (exact) mass is 229 g/mol. The van der Waals surface area contributed by atoms with Crippen molar-refractivity contribution in [1.29, 1.82) is 0 Å². The van der Waals surface area contributed by atoms with Crippen molar-refractivity contribution in [2.75, 3.05) is 19.8 Å². The molecule has 16 heavy (non-hydrogen) atoms. The Morgan fingerprint density at radius 3 is 2.56 bits per heavy atom. The lowest BCUT2D eigenvalue weighted by Crippen LogP contribution is -2.29. The van der Waals surface area contributed by atoms with Crippen molar-refractivity contribution in [3.8, 4) is 0 Å². The van der Waals surface area contributed by atoms with Crippen molar-refractivity contribution in [2.45, 2.75) is 39.5 Å². The Hall–Kier alpha value is -0.900. The first-order valence-corrected chi connectivity index (χ1v) is 5.97. The zero-order valence-corrected chi connectivity index (χ0v) is 10.3. The fourth-order valence-electron chi connectivity index (χ4n) is 1.12. The predicted molar refractivity (Wildman–Crippen MR) is 63.2 cm³/mol. The molecule has 1 N–H and O–H groups in total. The summed E-state index contributed by atoms with van der Waals surface area (Å²) in [4.78, 5) is 21.2. The fourth-order valence-corrected chi connectivity index (χ4v) is 1.12. The van der Waals surface area contributed by atoms with Crippen LogP contribution in [0.25, 0.3) is 0 Å². The molecule has 0 saturated carbocycles. The summed E-state index contributed by atoms with van der Waals surface area (Å²) in [5.41, 5.74) is 0. The third-order valence-corrected chi connectivity index (χ3v) is 2.15. The Bertz CT molecular complexity index is 193. The van der Waals surface area contributed by atoms with E-state index in [1.54, 1.807) is 0 Å². The molecule has 0 fully saturated rings. The Morgan fingerprint density at radius 1 is 1.25 bits per heavy atom. The quantitative estimate of drug-likeness (QED) is 0.456. The highest BCUT2D eigenvalue weighted by Gasteiger charge is 2.04. The number of rotatable bonds is 10. The molecule has 0 aliphatic rings. The normalized spacial score (nSPS) is 10.4. The molecule has 1 amide bonds. The van der Waals surface area contributed by atoms with Crippen LogP contribution in [0.3, 0.4) is 0 Å². The van der Waals surface area contributed by atoms with Crippen LogP contribution < -0.4 is 5.32 Å². The molecule has 4 heteroatoms. The van der Waals surface area contributed by atoms with Crippen molar-refractivity contribution in [3.63, 3.8) is 0 Å². The molecule has 0 atom stereocenters. The molecule has 0 aromatic heterocycles. The van der Waals surface area contributed by atoms with Crippen LogP contribution in [0.2, 0.25) is 0 Å². The summed E-state index contributed by atoms with van der Waals surface area (Å²) >= 11 is 0. The highest BCUT2D eigenvalue weighted by molar-refractivity contribution is 5.77. The molecule has 0 aliphatic heterocycles. The number of carbonyl (C=O) groups is 2. The zero-order valence-electron chi connectivity index (χ0n) is 10.3. The summed E-state index contributed by atoms with van der Waals surface area (Å²) in [6.07, 6.45) is 4.21. The van der Waals surface area contributed by atoms with Gasteiger partial charge in [0.05, 0.1) is 0 Å². The molecule has 0 aliphatic carbocycles. The number of ether oxygens (including phenoxy) is 1. The van der Waals surface area contributed by atoms with Crippen LogP contribution in [0, 0.1) is 5.92 Å². The van der Waals surface area contributed by atoms with Crippen LogP contribution in [-0.4, -0.2) is 32.0 Å². The van der Waals surface area contributed by atoms with Crippen molar-refractivity contribution >= 4 is 12.2 Å². The van der Waals surface area contributed by atoms with Gasteiger partial charge >= 0.3 is 0 Å². The van der Waals surface area contributed by atoms with Gasteiger partial charge in [-0.3, -0.25) is 4.79 Å². The molecule has 0 radical (unpaired) electrons. The van der Waals surface area contributed by atoms with Gasteiger partial charge in [-0.1, -0.05) is 13.8 Å². The van der Waals surface area contributed by atoms with Gasteiger partial charge in [0.2, 0.25) is 5.91 Å². The van der Waals surface area contributed by atoms with E-state index in [4.69, 9.17) is 4.74 Å². The molecule has 0 aromatic rings. The number of hydrogen-bond donors (Lipinski definition) is 1. The molecular formula is C12H23NO3. The van der Waals surface area contributed by atoms with Gasteiger partial charge in [0, 0.05) is 32.1 Å². The summed E-state index contributed by atoms with van der Waals surface area (Å²) < 4.78 is 5.36. The van der Waals surface area contributed by atoms with E-state index in [-0.39, 0.29) is 11.8 Å². The summed E-state index contributed by atoms with van der Waals surface area (Å²) in [7, 11) is 0. The molecule has 0 aromatic carbocycles. The van der Waals surface area contributed by atoms with Crippen LogP contribution in [0.1, 0.15) is 39.5 Å². The molecule has 94 valence electrons. The molecule has 4 nitrogen and oxygen atoms in total. The Labute approximate surface area is 97.7 Å². The lowest BCUT2D eigenvalue weighted by Gasteiger charge is -2.07. The lowest BCUT2D eigenvalue weighted by molar-refractivity contribution is -0.124. The molecule has 0 saturated heterocycles. The van der Waals surface area contributed by atoms with Crippen molar-refractivity contribution < 1.29 is 14.3 Å². The van der Waals surface area contributed by atoms with Gasteiger partial charge in [0.15, 0.2) is 0 Å². The second-order valence-electron chi connectivity index (χ2n) is 4.07. The molecule has 0 unspecified atom stereocenters. The van der Waals surface area contributed by atoms with Crippen LogP contribution in [0.15, 0.2) is 0 Å². The highest BCUT2D eigenvalue weighted by atomic mass is 16.5. The number of unbranched alkanes of at least 4 members (excludes halogenated alkanes) is 2. The van der Waals surface area contributed by atoms with Crippen molar-refractivity contribution in [1.82, 2.24) is 5.32 Å². The average Bonchev–Trinajstić information content (AvgIpc) is 2.26. The summed E-state index contributed by atoms with van der Waals surface area (Å²) in [6, 6.07) is 0. The maximum Gasteiger partial charge on any atom is 0.222 e. The Balaban J connectivity index is 3.09. The summed E-state index contributed by atoms with van der Waals surface area (Å²) in [5.74, 6) is 0.134. The average molecular weight is 229 g/mol. The largest absolute Gasteiger partial charge is 0.381 e. The van der Waals surface area contributed by atoms with Crippen molar-refractivity contribution in [3.05, 3.63) is 0 Å². The topological polar surface area (TPSA) is 55.4 Å². The summed E-state index contributed by atoms with van der Waals surface area (Å²) in [5, 5.41) is 2.83. The molecule has 0 bridgehead atoms. The Morgan fingerprint density at radius 2 is 1.94 bits per heavy atom. The Kier molecular flexibility index (Phi) is 10.0. The molecule has 0 rings (SSSR count). The van der Waals surface area contributed by atoms with E-state index in [2.05, 4.69) is 5.32 Å². The van der Waals surface area contributed by atoms with E-state index in [0.717, 1.165) is 25.5 Å². The minimum Gasteiger partial charge on any atom is -0.381 e. The molecular weight excluding hydrogens is 206 g/mol. The zero-order chi connectivity index (χ0) is 12.2. The van der Waals surface area contributed by atoms with Crippen LogP contribution in [0.5, 0.6) is 0 Å². The minimum atomic E-state index is 0.0456. The van der Waals surface area contributed by atoms with Gasteiger partial charge in [-0.05, 0) is 19.3 Å². The van der Waals surface area contributed by atoms with Crippen LogP contribution in [-0.2, 0) is 14.3 Å². The SMILES string of the molecule is CC(C)C(=O)NCCCOCCCCC=O.